The van der Waals surface area contributed by atoms with E-state index in [0.717, 1.165) is 0 Å². The molecule has 1 fully saturated rings. The van der Waals surface area contributed by atoms with Gasteiger partial charge in [-0.15, -0.1) is 0 Å². The van der Waals surface area contributed by atoms with Crippen LogP contribution >= 0.6 is 0 Å². The van der Waals surface area contributed by atoms with Crippen LogP contribution in [-0.4, -0.2) is 23.8 Å². The number of carbonyl (C=O) groups excluding carboxylic acids is 2. The Morgan fingerprint density at radius 3 is 2.30 bits per heavy atom. The Morgan fingerprint density at radius 2 is 2.00 bits per heavy atom. The van der Waals surface area contributed by atoms with Crippen molar-refractivity contribution < 1.29 is 14.3 Å². The van der Waals surface area contributed by atoms with Gasteiger partial charge in [-0.2, -0.15) is 0 Å². The monoisotopic (exact) mass is 142 g/mol. The van der Waals surface area contributed by atoms with Crippen molar-refractivity contribution >= 4 is 11.6 Å². The van der Waals surface area contributed by atoms with Gasteiger partial charge < -0.3 is 4.74 Å². The molecule has 0 unspecified atom stereocenters. The molecule has 0 spiro atoms. The first-order valence-electron chi connectivity index (χ1n) is 3.29. The molecule has 0 aromatic heterocycles. The minimum Gasteiger partial charge on any atom is -0.362 e. The molecule has 2 atom stereocenters. The minimum absolute atomic E-state index is 0.0228. The summed E-state index contributed by atoms with van der Waals surface area (Å²) in [5.41, 5.74) is 0. The molecule has 0 amide bonds. The van der Waals surface area contributed by atoms with Gasteiger partial charge in [-0.1, -0.05) is 0 Å². The number of rotatable bonds is 3. The number of epoxide rings is 1. The van der Waals surface area contributed by atoms with Gasteiger partial charge in [-0.25, -0.2) is 0 Å². The Kier molecular flexibility index (Phi) is 1.85. The minimum atomic E-state index is -0.288. The largest absolute Gasteiger partial charge is 0.362 e. The quantitative estimate of drug-likeness (QED) is 0.421. The van der Waals surface area contributed by atoms with Gasteiger partial charge in [-0.3, -0.25) is 9.59 Å². The lowest BCUT2D eigenvalue weighted by Gasteiger charge is -1.88. The molecule has 0 N–H and O–H groups in total. The fourth-order valence-corrected chi connectivity index (χ4v) is 0.870. The summed E-state index contributed by atoms with van der Waals surface area (Å²) < 4.78 is 4.88. The summed E-state index contributed by atoms with van der Waals surface area (Å²) in [4.78, 5) is 21.3. The fourth-order valence-electron chi connectivity index (χ4n) is 0.870. The van der Waals surface area contributed by atoms with Gasteiger partial charge in [0, 0.05) is 0 Å². The maximum atomic E-state index is 10.9. The summed E-state index contributed by atoms with van der Waals surface area (Å²) in [7, 11) is 0. The van der Waals surface area contributed by atoms with E-state index in [-0.39, 0.29) is 30.2 Å². The average molecular weight is 142 g/mol. The van der Waals surface area contributed by atoms with Crippen LogP contribution in [0.4, 0.5) is 0 Å². The van der Waals surface area contributed by atoms with Gasteiger partial charge in [0.15, 0.2) is 5.78 Å². The number of Topliss-reactive ketones (excluding diaryl/α,β-unsaturated/α-hetero) is 2. The number of hydrogen-bond donors (Lipinski definition) is 0. The Bertz CT molecular complexity index is 174. The molecule has 0 aliphatic carbocycles. The number of hydrogen-bond acceptors (Lipinski definition) is 3. The van der Waals surface area contributed by atoms with Crippen LogP contribution < -0.4 is 0 Å². The van der Waals surface area contributed by atoms with E-state index in [1.165, 1.54) is 6.92 Å². The zero-order valence-corrected chi connectivity index (χ0v) is 6.09. The van der Waals surface area contributed by atoms with Gasteiger partial charge in [-0.05, 0) is 13.8 Å². The van der Waals surface area contributed by atoms with Crippen molar-refractivity contribution in [1.29, 1.82) is 0 Å². The van der Waals surface area contributed by atoms with E-state index < -0.39 is 0 Å². The Hall–Kier alpha value is -0.700. The van der Waals surface area contributed by atoms with E-state index >= 15 is 0 Å². The maximum Gasteiger partial charge on any atom is 0.171 e. The summed E-state index contributed by atoms with van der Waals surface area (Å²) in [6, 6.07) is 0. The number of carbonyl (C=O) groups is 2. The van der Waals surface area contributed by atoms with Crippen LogP contribution in [0.3, 0.4) is 0 Å². The van der Waals surface area contributed by atoms with E-state index in [1.807, 2.05) is 6.92 Å². The first-order chi connectivity index (χ1) is 4.61. The molecule has 1 aliphatic heterocycles. The van der Waals surface area contributed by atoms with Gasteiger partial charge in [0.25, 0.3) is 0 Å². The zero-order valence-electron chi connectivity index (χ0n) is 6.09. The first-order valence-corrected chi connectivity index (χ1v) is 3.29. The molecule has 3 nitrogen and oxygen atoms in total. The van der Waals surface area contributed by atoms with Crippen LogP contribution in [0.2, 0.25) is 0 Å². The molecule has 0 aromatic carbocycles. The molecular formula is C7H10O3. The normalized spacial score (nSPS) is 29.8. The third-order valence-electron chi connectivity index (χ3n) is 1.45. The van der Waals surface area contributed by atoms with Crippen molar-refractivity contribution in [2.75, 3.05) is 0 Å². The van der Waals surface area contributed by atoms with E-state index in [4.69, 9.17) is 4.74 Å². The maximum absolute atomic E-state index is 10.9. The highest BCUT2D eigenvalue weighted by molar-refractivity contribution is 6.01. The van der Waals surface area contributed by atoms with E-state index in [1.54, 1.807) is 0 Å². The Balaban J connectivity index is 2.30. The van der Waals surface area contributed by atoms with Crippen molar-refractivity contribution in [1.82, 2.24) is 0 Å². The number of ether oxygens (including phenoxy) is 1. The standard InChI is InChI=1S/C7H10O3/c1-4(8)3-6(9)7-5(2)10-7/h5,7H,3H2,1-2H3/t5-,7+/m0/s1. The van der Waals surface area contributed by atoms with Gasteiger partial charge in [0.1, 0.15) is 11.9 Å². The Morgan fingerprint density at radius 1 is 1.50 bits per heavy atom. The molecule has 0 aromatic rings. The molecule has 3 heteroatoms. The lowest BCUT2D eigenvalue weighted by Crippen LogP contribution is -2.12. The van der Waals surface area contributed by atoms with Gasteiger partial charge in [0.05, 0.1) is 12.5 Å². The van der Waals surface area contributed by atoms with Gasteiger partial charge >= 0.3 is 0 Å². The van der Waals surface area contributed by atoms with Crippen molar-refractivity contribution in [3.05, 3.63) is 0 Å². The Labute approximate surface area is 59.4 Å². The van der Waals surface area contributed by atoms with Crippen LogP contribution in [0.5, 0.6) is 0 Å². The summed E-state index contributed by atoms with van der Waals surface area (Å²) in [5.74, 6) is -0.173. The lowest BCUT2D eigenvalue weighted by atomic mass is 10.1. The highest BCUT2D eigenvalue weighted by Crippen LogP contribution is 2.22. The van der Waals surface area contributed by atoms with Crippen LogP contribution in [0.1, 0.15) is 20.3 Å². The summed E-state index contributed by atoms with van der Waals surface area (Å²) in [6.07, 6.45) is -0.231. The first kappa shape index (κ1) is 7.41. The molecule has 1 saturated heterocycles. The van der Waals surface area contributed by atoms with Crippen molar-refractivity contribution in [3.8, 4) is 0 Å². The van der Waals surface area contributed by atoms with E-state index in [9.17, 15) is 9.59 Å². The molecule has 0 bridgehead atoms. The summed E-state index contributed by atoms with van der Waals surface area (Å²) >= 11 is 0. The molecule has 56 valence electrons. The van der Waals surface area contributed by atoms with E-state index in [0.29, 0.717) is 0 Å². The molecule has 0 saturated carbocycles. The van der Waals surface area contributed by atoms with Crippen molar-refractivity contribution in [2.24, 2.45) is 0 Å². The van der Waals surface area contributed by atoms with Crippen LogP contribution in [0.15, 0.2) is 0 Å². The smallest absolute Gasteiger partial charge is 0.171 e. The predicted octanol–water partition coefficient (Wildman–Crippen LogP) is 0.322. The second-order valence-corrected chi connectivity index (χ2v) is 2.61. The van der Waals surface area contributed by atoms with Crippen LogP contribution in [0, 0.1) is 0 Å². The zero-order chi connectivity index (χ0) is 7.72. The second-order valence-electron chi connectivity index (χ2n) is 2.61. The highest BCUT2D eigenvalue weighted by atomic mass is 16.6. The molecule has 0 radical (unpaired) electrons. The van der Waals surface area contributed by atoms with Crippen molar-refractivity contribution in [3.63, 3.8) is 0 Å². The SMILES string of the molecule is CC(=O)CC(=O)[C@@H]1O[C@H]1C. The summed E-state index contributed by atoms with van der Waals surface area (Å²) in [5, 5.41) is 0. The van der Waals surface area contributed by atoms with Gasteiger partial charge in [0.2, 0.25) is 0 Å². The van der Waals surface area contributed by atoms with Crippen LogP contribution in [0.25, 0.3) is 0 Å². The average Bonchev–Trinajstić information content (AvgIpc) is 2.44. The third-order valence-corrected chi connectivity index (χ3v) is 1.45. The molecule has 1 heterocycles. The molecule has 1 rings (SSSR count). The molecular weight excluding hydrogens is 132 g/mol. The van der Waals surface area contributed by atoms with Crippen LogP contribution in [-0.2, 0) is 14.3 Å². The molecule has 10 heavy (non-hydrogen) atoms. The predicted molar refractivity (Wildman–Crippen MR) is 34.6 cm³/mol. The second kappa shape index (κ2) is 2.50. The summed E-state index contributed by atoms with van der Waals surface area (Å²) in [6.45, 7) is 3.23. The van der Waals surface area contributed by atoms with Crippen molar-refractivity contribution in [2.45, 2.75) is 32.5 Å². The topological polar surface area (TPSA) is 46.7 Å². The fraction of sp³-hybridized carbons (Fsp3) is 0.714. The lowest BCUT2D eigenvalue weighted by molar-refractivity contribution is -0.126. The van der Waals surface area contributed by atoms with E-state index in [2.05, 4.69) is 0 Å². The highest BCUT2D eigenvalue weighted by Gasteiger charge is 2.40. The third kappa shape index (κ3) is 1.64. The molecule has 1 aliphatic rings. The number of ketones is 2.